The average molecular weight is 535 g/mol. The number of hydrogen-bond acceptors (Lipinski definition) is 3. The first kappa shape index (κ1) is 27.7. The highest BCUT2D eigenvalue weighted by atomic mass is 28.4. The van der Waals surface area contributed by atoms with Gasteiger partial charge in [0.25, 0.3) is 0 Å². The molecule has 2 saturated carbocycles. The number of rotatable bonds is 6. The average Bonchev–Trinajstić information content (AvgIpc) is 2.90. The minimum absolute atomic E-state index is 0.0165. The Morgan fingerprint density at radius 1 is 0.743 bits per heavy atom. The summed E-state index contributed by atoms with van der Waals surface area (Å²) < 4.78 is 20.5. The molecular weight excluding hydrogens is 481 g/mol. The summed E-state index contributed by atoms with van der Waals surface area (Å²) in [7, 11) is -4.98. The van der Waals surface area contributed by atoms with E-state index in [-0.39, 0.29) is 16.4 Å². The van der Waals surface area contributed by atoms with E-state index < -0.39 is 25.0 Å². The Balaban J connectivity index is 1.75. The standard InChI is InChI=1S/C29H54O3Si3/c1-27-16-13-21(30-33(4,5)6)19-25(27)26(31-34(7,8)9)20-22-23(27)14-17-28(2)24(22)15-18-29(28,3)32-35(10,11)12/h19,22-24H,13-18,20H2,1-12H3/t22?,23?,24?,27?,28?,29-/m0/s1. The third kappa shape index (κ3) is 5.20. The van der Waals surface area contributed by atoms with Gasteiger partial charge in [0.15, 0.2) is 8.32 Å². The van der Waals surface area contributed by atoms with Crippen LogP contribution >= 0.6 is 0 Å². The van der Waals surface area contributed by atoms with Crippen LogP contribution in [0.3, 0.4) is 0 Å². The zero-order valence-corrected chi connectivity index (χ0v) is 28.0. The molecule has 0 amide bonds. The van der Waals surface area contributed by atoms with Crippen molar-refractivity contribution in [2.75, 3.05) is 0 Å². The van der Waals surface area contributed by atoms with Gasteiger partial charge in [0.05, 0.1) is 17.1 Å². The van der Waals surface area contributed by atoms with E-state index >= 15 is 0 Å². The molecule has 6 atom stereocenters. The highest BCUT2D eigenvalue weighted by molar-refractivity contribution is 6.70. The van der Waals surface area contributed by atoms with E-state index in [9.17, 15) is 0 Å². The van der Waals surface area contributed by atoms with Gasteiger partial charge in [-0.25, -0.2) is 0 Å². The molecule has 0 radical (unpaired) electrons. The number of hydrogen-bond donors (Lipinski definition) is 0. The van der Waals surface area contributed by atoms with Crippen LogP contribution in [-0.2, 0) is 13.3 Å². The molecule has 0 saturated heterocycles. The minimum Gasteiger partial charge on any atom is -0.547 e. The van der Waals surface area contributed by atoms with Gasteiger partial charge in [-0.15, -0.1) is 0 Å². The summed E-state index contributed by atoms with van der Waals surface area (Å²) >= 11 is 0. The molecule has 0 aromatic heterocycles. The van der Waals surface area contributed by atoms with Gasteiger partial charge in [-0.1, -0.05) is 13.8 Å². The first-order valence-corrected chi connectivity index (χ1v) is 24.5. The Labute approximate surface area is 219 Å². The lowest BCUT2D eigenvalue weighted by atomic mass is 9.47. The second-order valence-electron chi connectivity index (χ2n) is 15.8. The lowest BCUT2D eigenvalue weighted by Crippen LogP contribution is -2.56. The molecule has 4 aliphatic carbocycles. The van der Waals surface area contributed by atoms with Crippen LogP contribution in [0, 0.1) is 28.6 Å². The third-order valence-corrected chi connectivity index (χ3v) is 12.5. The van der Waals surface area contributed by atoms with Crippen LogP contribution in [0.4, 0.5) is 0 Å². The van der Waals surface area contributed by atoms with Crippen LogP contribution in [0.1, 0.15) is 65.7 Å². The molecule has 0 heterocycles. The molecule has 0 aliphatic heterocycles. The fourth-order valence-corrected chi connectivity index (χ4v) is 12.0. The zero-order chi connectivity index (χ0) is 26.2. The lowest BCUT2D eigenvalue weighted by molar-refractivity contribution is -0.106. The molecule has 35 heavy (non-hydrogen) atoms. The van der Waals surface area contributed by atoms with Gasteiger partial charge < -0.3 is 13.3 Å². The number of fused-ring (bicyclic) bond motifs is 5. The van der Waals surface area contributed by atoms with E-state index in [1.165, 1.54) is 49.2 Å². The molecule has 0 spiro atoms. The van der Waals surface area contributed by atoms with Gasteiger partial charge in [0.2, 0.25) is 16.6 Å². The van der Waals surface area contributed by atoms with Crippen molar-refractivity contribution in [3.63, 3.8) is 0 Å². The van der Waals surface area contributed by atoms with Gasteiger partial charge in [-0.3, -0.25) is 0 Å². The Bertz CT molecular complexity index is 906. The summed E-state index contributed by atoms with van der Waals surface area (Å²) in [6.45, 7) is 28.6. The molecule has 0 aromatic carbocycles. The second kappa shape index (κ2) is 8.60. The SMILES string of the molecule is CC12CCC(O[Si](C)(C)C)=CC1=C(O[Si](C)(C)C)CC1C2CCC2(C)C1CC[C@]2(C)O[Si](C)(C)C. The topological polar surface area (TPSA) is 27.7 Å². The van der Waals surface area contributed by atoms with Gasteiger partial charge in [0, 0.05) is 12.8 Å². The molecule has 0 bridgehead atoms. The fourth-order valence-electron chi connectivity index (χ4n) is 8.40. The maximum absolute atomic E-state index is 7.02. The van der Waals surface area contributed by atoms with Crippen molar-refractivity contribution in [3.05, 3.63) is 23.2 Å². The molecule has 2 fully saturated rings. The fraction of sp³-hybridized carbons (Fsp3) is 0.862. The predicted molar refractivity (Wildman–Crippen MR) is 156 cm³/mol. The Morgan fingerprint density at radius 2 is 1.34 bits per heavy atom. The quantitative estimate of drug-likeness (QED) is 0.318. The Hall–Kier alpha value is -0.309. The second-order valence-corrected chi connectivity index (χ2v) is 29.1. The number of allylic oxidation sites excluding steroid dienone is 4. The maximum atomic E-state index is 7.02. The summed E-state index contributed by atoms with van der Waals surface area (Å²) in [6.07, 6.45) is 11.0. The normalized spacial score (nSPS) is 40.0. The van der Waals surface area contributed by atoms with E-state index in [1.54, 1.807) is 0 Å². The van der Waals surface area contributed by atoms with Crippen molar-refractivity contribution >= 4 is 25.0 Å². The van der Waals surface area contributed by atoms with Crippen molar-refractivity contribution in [2.24, 2.45) is 28.6 Å². The van der Waals surface area contributed by atoms with Gasteiger partial charge in [-0.2, -0.15) is 0 Å². The van der Waals surface area contributed by atoms with Crippen LogP contribution in [0.15, 0.2) is 23.2 Å². The smallest absolute Gasteiger partial charge is 0.241 e. The van der Waals surface area contributed by atoms with E-state index in [1.807, 2.05) is 0 Å². The van der Waals surface area contributed by atoms with Gasteiger partial charge in [0.1, 0.15) is 0 Å². The van der Waals surface area contributed by atoms with Crippen LogP contribution in [0.2, 0.25) is 58.9 Å². The zero-order valence-electron chi connectivity index (χ0n) is 25.0. The van der Waals surface area contributed by atoms with E-state index in [4.69, 9.17) is 13.3 Å². The first-order chi connectivity index (χ1) is 15.8. The monoisotopic (exact) mass is 534 g/mol. The molecule has 200 valence electrons. The van der Waals surface area contributed by atoms with Crippen molar-refractivity contribution in [1.29, 1.82) is 0 Å². The third-order valence-electron chi connectivity index (χ3n) is 9.72. The molecule has 4 aliphatic rings. The molecular formula is C29H54O3Si3. The van der Waals surface area contributed by atoms with E-state index in [2.05, 4.69) is 85.8 Å². The van der Waals surface area contributed by atoms with Crippen molar-refractivity contribution in [1.82, 2.24) is 0 Å². The summed E-state index contributed by atoms with van der Waals surface area (Å²) in [4.78, 5) is 0. The molecule has 4 rings (SSSR count). The van der Waals surface area contributed by atoms with Crippen LogP contribution in [0.25, 0.3) is 0 Å². The van der Waals surface area contributed by atoms with Gasteiger partial charge >= 0.3 is 0 Å². The van der Waals surface area contributed by atoms with Crippen LogP contribution in [0.5, 0.6) is 0 Å². The highest BCUT2D eigenvalue weighted by Crippen LogP contribution is 2.68. The highest BCUT2D eigenvalue weighted by Gasteiger charge is 2.64. The van der Waals surface area contributed by atoms with Crippen LogP contribution < -0.4 is 0 Å². The Morgan fingerprint density at radius 3 is 1.91 bits per heavy atom. The summed E-state index contributed by atoms with van der Waals surface area (Å²) in [5.74, 6) is 4.69. The summed E-state index contributed by atoms with van der Waals surface area (Å²) in [5, 5.41) is 0. The molecule has 0 N–H and O–H groups in total. The van der Waals surface area contributed by atoms with E-state index in [0.717, 1.165) is 24.7 Å². The predicted octanol–water partition coefficient (Wildman–Crippen LogP) is 9.08. The van der Waals surface area contributed by atoms with Crippen molar-refractivity contribution in [2.45, 2.75) is 130 Å². The largest absolute Gasteiger partial charge is 0.547 e. The van der Waals surface area contributed by atoms with Crippen molar-refractivity contribution in [3.8, 4) is 0 Å². The maximum Gasteiger partial charge on any atom is 0.241 e. The van der Waals surface area contributed by atoms with E-state index in [0.29, 0.717) is 5.92 Å². The van der Waals surface area contributed by atoms with Crippen LogP contribution in [-0.4, -0.2) is 30.6 Å². The van der Waals surface area contributed by atoms with Crippen molar-refractivity contribution < 1.29 is 13.3 Å². The molecule has 5 unspecified atom stereocenters. The Kier molecular flexibility index (Phi) is 6.81. The first-order valence-electron chi connectivity index (χ1n) is 14.3. The molecule has 0 aromatic rings. The molecule has 6 heteroatoms. The summed E-state index contributed by atoms with van der Waals surface area (Å²) in [6, 6.07) is 0. The molecule has 3 nitrogen and oxygen atoms in total. The summed E-state index contributed by atoms with van der Waals surface area (Å²) in [5.41, 5.74) is 1.97. The lowest BCUT2D eigenvalue weighted by Gasteiger charge is -2.60. The van der Waals surface area contributed by atoms with Gasteiger partial charge in [-0.05, 0) is 138 Å². The minimum atomic E-state index is -1.73.